The van der Waals surface area contributed by atoms with Gasteiger partial charge in [-0.3, -0.25) is 0 Å². The molecule has 0 saturated carbocycles. The summed E-state index contributed by atoms with van der Waals surface area (Å²) in [6.07, 6.45) is -8.54. The average Bonchev–Trinajstić information content (AvgIpc) is 3.05. The summed E-state index contributed by atoms with van der Waals surface area (Å²) in [7, 11) is 0. The maximum atomic E-state index is 13.9. The molecule has 0 heterocycles. The molecule has 0 aliphatic carbocycles. The van der Waals surface area contributed by atoms with E-state index in [1.165, 1.54) is 0 Å². The molecule has 2 nitrogen and oxygen atoms in total. The fraction of sp³-hybridized carbons (Fsp3) is 0.952. The van der Waals surface area contributed by atoms with Crippen molar-refractivity contribution in [3.8, 4) is 0 Å². The molecular formula is C21F41KO2. The molecule has 0 aromatic heterocycles. The molecule has 0 saturated heterocycles. The predicted molar refractivity (Wildman–Crippen MR) is 105 cm³/mol. The first-order valence-electron chi connectivity index (χ1n) is 13.2. The maximum absolute atomic E-state index is 13.9. The van der Waals surface area contributed by atoms with Crippen LogP contribution in [0.25, 0.3) is 0 Å². The predicted octanol–water partition coefficient (Wildman–Crippen LogP) is 8.37. The molecule has 0 aromatic rings. The van der Waals surface area contributed by atoms with Crippen LogP contribution in [0.3, 0.4) is 0 Å². The molecule has 0 amide bonds. The van der Waals surface area contributed by atoms with E-state index in [0.717, 1.165) is 0 Å². The summed E-state index contributed by atoms with van der Waals surface area (Å²) in [5.41, 5.74) is 0. The van der Waals surface area contributed by atoms with E-state index in [0.29, 0.717) is 0 Å². The molecule has 0 N–H and O–H groups in total. The Kier molecular flexibility index (Phi) is 16.0. The molecule has 0 atom stereocenters. The van der Waals surface area contributed by atoms with E-state index in [2.05, 4.69) is 0 Å². The summed E-state index contributed by atoms with van der Waals surface area (Å²) in [6, 6.07) is 0. The zero-order valence-corrected chi connectivity index (χ0v) is 30.9. The molecule has 0 radical (unpaired) electrons. The van der Waals surface area contributed by atoms with E-state index in [1.807, 2.05) is 0 Å². The Morgan fingerprint density at radius 1 is 0.200 bits per heavy atom. The van der Waals surface area contributed by atoms with Crippen molar-refractivity contribution in [2.24, 2.45) is 0 Å². The molecular weight excluding hydrogens is 1100 g/mol. The molecule has 0 spiro atoms. The number of alkyl halides is 41. The number of halogens is 41. The van der Waals surface area contributed by atoms with Crippen LogP contribution in [-0.2, 0) is 4.79 Å². The molecule has 0 unspecified atom stereocenters. The van der Waals surface area contributed by atoms with Crippen molar-refractivity contribution in [1.29, 1.82) is 0 Å². The Morgan fingerprint density at radius 2 is 0.292 bits per heavy atom. The van der Waals surface area contributed by atoms with Gasteiger partial charge in [0.2, 0.25) is 0 Å². The van der Waals surface area contributed by atoms with Crippen molar-refractivity contribution >= 4 is 5.97 Å². The van der Waals surface area contributed by atoms with Crippen LogP contribution in [0.2, 0.25) is 0 Å². The van der Waals surface area contributed by atoms with Crippen LogP contribution in [0.15, 0.2) is 0 Å². The number of carbonyl (C=O) groups is 1. The minimum Gasteiger partial charge on any atom is -0.544 e. The zero-order valence-electron chi connectivity index (χ0n) is 27.8. The quantitative estimate of drug-likeness (QED) is 0.0965. The largest absolute Gasteiger partial charge is 1.00 e. The van der Waals surface area contributed by atoms with Crippen molar-refractivity contribution < 1.29 is 241 Å². The number of rotatable bonds is 19. The van der Waals surface area contributed by atoms with Gasteiger partial charge in [0.1, 0.15) is 5.97 Å². The van der Waals surface area contributed by atoms with Crippen molar-refractivity contribution in [2.75, 3.05) is 0 Å². The fourth-order valence-corrected chi connectivity index (χ4v) is 3.66. The summed E-state index contributed by atoms with van der Waals surface area (Å²) in [4.78, 5) is 9.86. The fourth-order valence-electron chi connectivity index (χ4n) is 3.66. The van der Waals surface area contributed by atoms with E-state index in [4.69, 9.17) is 0 Å². The Morgan fingerprint density at radius 3 is 0.385 bits per heavy atom. The topological polar surface area (TPSA) is 40.1 Å². The van der Waals surface area contributed by atoms with E-state index < -0.39 is 125 Å². The Bertz CT molecular complexity index is 1750. The standard InChI is InChI=1S/C21HF41O2.K/c22-2(23,1(63)64)3(24,25)4(26,27)5(28,29)6(30,31)7(32,33)8(34,35)9(36,37)10(38,39)11(40,41)12(42,43)13(44,45)14(46,47)15(48,49)16(50,51)17(52,53)18(54,55)19(56,57)20(58,59)21(60,61)62;/h(H,63,64);/q;+1/p-1. The third-order valence-electron chi connectivity index (χ3n) is 7.71. The first kappa shape index (κ1) is 65.3. The molecule has 44 heteroatoms. The van der Waals surface area contributed by atoms with Crippen LogP contribution < -0.4 is 56.5 Å². The van der Waals surface area contributed by atoms with Crippen molar-refractivity contribution in [3.05, 3.63) is 0 Å². The number of hydrogen-bond acceptors (Lipinski definition) is 2. The van der Waals surface area contributed by atoms with Gasteiger partial charge in [0, 0.05) is 0 Å². The minimum atomic E-state index is -10.7. The van der Waals surface area contributed by atoms with Crippen molar-refractivity contribution in [1.82, 2.24) is 0 Å². The van der Waals surface area contributed by atoms with Crippen molar-refractivity contribution in [2.45, 2.75) is 119 Å². The Hall–Kier alpha value is -1.76. The van der Waals surface area contributed by atoms with Gasteiger partial charge in [0.15, 0.2) is 0 Å². The average molecular weight is 1100 g/mol. The van der Waals surface area contributed by atoms with Gasteiger partial charge < -0.3 is 9.90 Å². The van der Waals surface area contributed by atoms with Crippen LogP contribution in [0.1, 0.15) is 0 Å². The zero-order chi connectivity index (χ0) is 53.6. The van der Waals surface area contributed by atoms with E-state index >= 15 is 0 Å². The molecule has 384 valence electrons. The van der Waals surface area contributed by atoms with Gasteiger partial charge in [-0.05, 0) is 0 Å². The van der Waals surface area contributed by atoms with Crippen LogP contribution in [-0.4, -0.2) is 125 Å². The third kappa shape index (κ3) is 7.35. The second kappa shape index (κ2) is 15.9. The molecule has 0 fully saturated rings. The second-order valence-electron chi connectivity index (χ2n) is 11.7. The Labute approximate surface area is 365 Å². The van der Waals surface area contributed by atoms with E-state index in [9.17, 15) is 190 Å². The van der Waals surface area contributed by atoms with Gasteiger partial charge in [-0.1, -0.05) is 0 Å². The summed E-state index contributed by atoms with van der Waals surface area (Å²) >= 11 is 0. The molecule has 0 aromatic carbocycles. The van der Waals surface area contributed by atoms with E-state index in [-0.39, 0.29) is 51.4 Å². The van der Waals surface area contributed by atoms with Gasteiger partial charge in [-0.15, -0.1) is 0 Å². The number of hydrogen-bond donors (Lipinski definition) is 0. The number of aliphatic carboxylic acids is 1. The first-order valence-corrected chi connectivity index (χ1v) is 13.2. The number of carboxylic acid groups (broad SMARTS) is 1. The third-order valence-corrected chi connectivity index (χ3v) is 7.71. The summed E-state index contributed by atoms with van der Waals surface area (Å²) in [5.74, 6) is -197. The molecule has 0 bridgehead atoms. The summed E-state index contributed by atoms with van der Waals surface area (Å²) in [6.45, 7) is 0. The van der Waals surface area contributed by atoms with Gasteiger partial charge in [-0.2, -0.15) is 180 Å². The van der Waals surface area contributed by atoms with Crippen LogP contribution >= 0.6 is 0 Å². The van der Waals surface area contributed by atoms with Gasteiger partial charge >= 0.3 is 170 Å². The summed E-state index contributed by atoms with van der Waals surface area (Å²) in [5, 5.41) is 9.86. The second-order valence-corrected chi connectivity index (χ2v) is 11.7. The first-order chi connectivity index (χ1) is 26.7. The van der Waals surface area contributed by atoms with E-state index in [1.54, 1.807) is 0 Å². The van der Waals surface area contributed by atoms with Crippen LogP contribution in [0.4, 0.5) is 180 Å². The van der Waals surface area contributed by atoms with Gasteiger partial charge in [0.25, 0.3) is 0 Å². The SMILES string of the molecule is O=C([O-])C(F)(F)C(F)(F)C(F)(F)C(F)(F)C(F)(F)C(F)(F)C(F)(F)C(F)(F)C(F)(F)C(F)(F)C(F)(F)C(F)(F)C(F)(F)C(F)(F)C(F)(F)C(F)(F)C(F)(F)C(F)(F)C(F)(F)C(F)(F)F.[K+]. The Balaban J connectivity index is 0. The van der Waals surface area contributed by atoms with Crippen LogP contribution in [0, 0.1) is 0 Å². The smallest absolute Gasteiger partial charge is 0.544 e. The van der Waals surface area contributed by atoms with Crippen molar-refractivity contribution in [3.63, 3.8) is 0 Å². The maximum Gasteiger partial charge on any atom is 1.00 e. The number of carbonyl (C=O) groups excluding carboxylic acids is 1. The normalized spacial score (nSPS) is 17.0. The minimum absolute atomic E-state index is 0. The molecule has 0 aliphatic heterocycles. The van der Waals surface area contributed by atoms with Gasteiger partial charge in [-0.25, -0.2) is 0 Å². The molecule has 0 aliphatic rings. The molecule has 65 heavy (non-hydrogen) atoms. The van der Waals surface area contributed by atoms with Crippen LogP contribution in [0.5, 0.6) is 0 Å². The summed E-state index contributed by atoms with van der Waals surface area (Å²) < 4.78 is 554. The number of carboxylic acids is 1. The molecule has 0 rings (SSSR count). The monoisotopic (exact) mass is 1100 g/mol. The van der Waals surface area contributed by atoms with Gasteiger partial charge in [0.05, 0.1) is 0 Å².